The molecule has 0 aliphatic carbocycles. The van der Waals surface area contributed by atoms with Gasteiger partial charge in [-0.2, -0.15) is 4.98 Å². The summed E-state index contributed by atoms with van der Waals surface area (Å²) in [6.07, 6.45) is 0.125. The van der Waals surface area contributed by atoms with E-state index in [2.05, 4.69) is 15.5 Å². The van der Waals surface area contributed by atoms with Crippen LogP contribution < -0.4 is 5.32 Å². The molecular weight excluding hydrogens is 380 g/mol. The number of hydrogen-bond acceptors (Lipinski definition) is 9. The number of rotatable bonds is 11. The predicted octanol–water partition coefficient (Wildman–Crippen LogP) is 2.64. The number of ether oxygens (including phenoxy) is 1. The third kappa shape index (κ3) is 6.61. The number of carbonyl (C=O) groups excluding carboxylic acids is 1. The highest BCUT2D eigenvalue weighted by Gasteiger charge is 2.24. The minimum Gasteiger partial charge on any atom is -0.463 e. The van der Waals surface area contributed by atoms with E-state index in [1.54, 1.807) is 12.1 Å². The Bertz CT molecular complexity index is 823. The summed E-state index contributed by atoms with van der Waals surface area (Å²) >= 11 is 0. The maximum absolute atomic E-state index is 11.4. The second kappa shape index (κ2) is 10.6. The number of aromatic nitrogens is 2. The highest BCUT2D eigenvalue weighted by molar-refractivity contribution is 5.69. The molecule has 158 valence electrons. The average molecular weight is 406 g/mol. The van der Waals surface area contributed by atoms with E-state index in [-0.39, 0.29) is 42.6 Å². The quantitative estimate of drug-likeness (QED) is 0.327. The van der Waals surface area contributed by atoms with Gasteiger partial charge in [0.15, 0.2) is 0 Å². The maximum atomic E-state index is 11.4. The fourth-order valence-electron chi connectivity index (χ4n) is 2.63. The van der Waals surface area contributed by atoms with Crippen LogP contribution in [0.5, 0.6) is 0 Å². The largest absolute Gasteiger partial charge is 0.463 e. The van der Waals surface area contributed by atoms with Crippen LogP contribution in [0.15, 0.2) is 28.8 Å². The molecule has 1 aromatic carbocycles. The first-order valence-electron chi connectivity index (χ1n) is 9.47. The second-order valence-corrected chi connectivity index (χ2v) is 6.98. The van der Waals surface area contributed by atoms with Crippen LogP contribution in [-0.2, 0) is 9.53 Å². The molecule has 10 heteroatoms. The molecule has 0 saturated carbocycles. The zero-order valence-corrected chi connectivity index (χ0v) is 16.7. The molecular formula is C19H26N4O6. The topological polar surface area (TPSA) is 141 Å². The van der Waals surface area contributed by atoms with Gasteiger partial charge in [-0.1, -0.05) is 38.1 Å². The smallest absolute Gasteiger partial charge is 0.305 e. The number of carbonyl (C=O) groups is 1. The van der Waals surface area contributed by atoms with Crippen LogP contribution in [0.25, 0.3) is 11.4 Å². The standard InChI is InChI=1S/C19H26N4O6/c1-4-6-16(25)28-11-15(24)10-20-17(12(2)3)19-21-18(22-29-19)13-7-5-8-14(9-13)23(26)27/h5,7-9,12,15,17,20,24H,4,6,10-11H2,1-3H3. The molecule has 2 atom stereocenters. The van der Waals surface area contributed by atoms with Crippen molar-refractivity contribution in [2.24, 2.45) is 5.92 Å². The van der Waals surface area contributed by atoms with Gasteiger partial charge in [-0.3, -0.25) is 14.9 Å². The number of aliphatic hydroxyl groups excluding tert-OH is 1. The van der Waals surface area contributed by atoms with Crippen LogP contribution in [0.1, 0.15) is 45.5 Å². The second-order valence-electron chi connectivity index (χ2n) is 6.98. The number of hydrogen-bond donors (Lipinski definition) is 2. The van der Waals surface area contributed by atoms with Gasteiger partial charge in [0.1, 0.15) is 12.7 Å². The summed E-state index contributed by atoms with van der Waals surface area (Å²) in [7, 11) is 0. The predicted molar refractivity (Wildman–Crippen MR) is 104 cm³/mol. The van der Waals surface area contributed by atoms with Crippen LogP contribution in [0, 0.1) is 16.0 Å². The van der Waals surface area contributed by atoms with E-state index in [0.29, 0.717) is 24.3 Å². The van der Waals surface area contributed by atoms with Crippen molar-refractivity contribution < 1.29 is 24.1 Å². The van der Waals surface area contributed by atoms with Crippen LogP contribution >= 0.6 is 0 Å². The van der Waals surface area contributed by atoms with Crippen molar-refractivity contribution in [3.63, 3.8) is 0 Å². The lowest BCUT2D eigenvalue weighted by molar-refractivity contribution is -0.384. The Morgan fingerprint density at radius 2 is 2.17 bits per heavy atom. The Morgan fingerprint density at radius 3 is 2.83 bits per heavy atom. The Labute approximate surface area is 168 Å². The van der Waals surface area contributed by atoms with E-state index in [1.165, 1.54) is 12.1 Å². The minimum absolute atomic E-state index is 0.0586. The summed E-state index contributed by atoms with van der Waals surface area (Å²) in [5.74, 6) is 0.260. The molecule has 0 spiro atoms. The van der Waals surface area contributed by atoms with Crippen molar-refractivity contribution >= 4 is 11.7 Å². The number of nitro groups is 1. The zero-order chi connectivity index (χ0) is 21.4. The number of aliphatic hydroxyl groups is 1. The van der Waals surface area contributed by atoms with E-state index >= 15 is 0 Å². The van der Waals surface area contributed by atoms with Gasteiger partial charge in [-0.25, -0.2) is 0 Å². The number of nitrogens with zero attached hydrogens (tertiary/aromatic N) is 3. The molecule has 0 amide bonds. The lowest BCUT2D eigenvalue weighted by Crippen LogP contribution is -2.35. The van der Waals surface area contributed by atoms with E-state index in [9.17, 15) is 20.0 Å². The van der Waals surface area contributed by atoms with Gasteiger partial charge in [0.05, 0.1) is 11.0 Å². The van der Waals surface area contributed by atoms with Crippen molar-refractivity contribution in [1.82, 2.24) is 15.5 Å². The average Bonchev–Trinajstić information content (AvgIpc) is 3.16. The number of nitrogens with one attached hydrogen (secondary N) is 1. The van der Waals surface area contributed by atoms with Gasteiger partial charge >= 0.3 is 5.97 Å². The van der Waals surface area contributed by atoms with Gasteiger partial charge in [-0.05, 0) is 12.3 Å². The fourth-order valence-corrected chi connectivity index (χ4v) is 2.63. The Hall–Kier alpha value is -2.85. The molecule has 2 rings (SSSR count). The van der Waals surface area contributed by atoms with Gasteiger partial charge < -0.3 is 19.7 Å². The molecule has 0 aliphatic heterocycles. The molecule has 0 bridgehead atoms. The van der Waals surface area contributed by atoms with Crippen LogP contribution in [0.2, 0.25) is 0 Å². The van der Waals surface area contributed by atoms with Crippen LogP contribution in [0.4, 0.5) is 5.69 Å². The SMILES string of the molecule is CCCC(=O)OCC(O)CNC(c1nc(-c2cccc([N+](=O)[O-])c2)no1)C(C)C. The molecule has 10 nitrogen and oxygen atoms in total. The first kappa shape index (κ1) is 22.4. The first-order valence-corrected chi connectivity index (χ1v) is 9.47. The van der Waals surface area contributed by atoms with Crippen molar-refractivity contribution in [3.05, 3.63) is 40.3 Å². The summed E-state index contributed by atoms with van der Waals surface area (Å²) in [5, 5.41) is 28.0. The van der Waals surface area contributed by atoms with E-state index in [4.69, 9.17) is 9.26 Å². The van der Waals surface area contributed by atoms with Gasteiger partial charge in [0, 0.05) is 30.7 Å². The third-order valence-corrected chi connectivity index (χ3v) is 4.15. The summed E-state index contributed by atoms with van der Waals surface area (Å²) in [4.78, 5) is 26.2. The number of esters is 1. The number of nitro benzene ring substituents is 1. The van der Waals surface area contributed by atoms with Crippen molar-refractivity contribution in [1.29, 1.82) is 0 Å². The number of benzene rings is 1. The molecule has 2 unspecified atom stereocenters. The van der Waals surface area contributed by atoms with E-state index < -0.39 is 11.0 Å². The van der Waals surface area contributed by atoms with E-state index in [0.717, 1.165) is 0 Å². The molecule has 29 heavy (non-hydrogen) atoms. The van der Waals surface area contributed by atoms with Gasteiger partial charge in [0.2, 0.25) is 11.7 Å². The first-order chi connectivity index (χ1) is 13.8. The van der Waals surface area contributed by atoms with Crippen molar-refractivity contribution in [2.45, 2.75) is 45.8 Å². The summed E-state index contributed by atoms with van der Waals surface area (Å²) in [5.41, 5.74) is 0.410. The molecule has 2 aromatic rings. The van der Waals surface area contributed by atoms with Crippen molar-refractivity contribution in [2.75, 3.05) is 13.2 Å². The third-order valence-electron chi connectivity index (χ3n) is 4.15. The molecule has 0 radical (unpaired) electrons. The summed E-state index contributed by atoms with van der Waals surface area (Å²) in [6, 6.07) is 5.63. The zero-order valence-electron chi connectivity index (χ0n) is 16.7. The molecule has 0 saturated heterocycles. The van der Waals surface area contributed by atoms with Gasteiger partial charge in [-0.15, -0.1) is 0 Å². The normalized spacial score (nSPS) is 13.3. The molecule has 0 aliphatic rings. The van der Waals surface area contributed by atoms with E-state index in [1.807, 2.05) is 20.8 Å². The highest BCUT2D eigenvalue weighted by Crippen LogP contribution is 2.25. The van der Waals surface area contributed by atoms with Crippen LogP contribution in [-0.4, -0.2) is 45.4 Å². The maximum Gasteiger partial charge on any atom is 0.305 e. The summed E-state index contributed by atoms with van der Waals surface area (Å²) in [6.45, 7) is 5.83. The lowest BCUT2D eigenvalue weighted by atomic mass is 10.0. The Kier molecular flexibility index (Phi) is 8.22. The number of non-ortho nitro benzene ring substituents is 1. The highest BCUT2D eigenvalue weighted by atomic mass is 16.6. The fraction of sp³-hybridized carbons (Fsp3) is 0.526. The molecule has 2 N–H and O–H groups in total. The van der Waals surface area contributed by atoms with Crippen LogP contribution in [0.3, 0.4) is 0 Å². The lowest BCUT2D eigenvalue weighted by Gasteiger charge is -2.20. The van der Waals surface area contributed by atoms with Crippen molar-refractivity contribution in [3.8, 4) is 11.4 Å². The monoisotopic (exact) mass is 406 g/mol. The summed E-state index contributed by atoms with van der Waals surface area (Å²) < 4.78 is 10.3. The Balaban J connectivity index is 2.02. The molecule has 1 aromatic heterocycles. The van der Waals surface area contributed by atoms with Gasteiger partial charge in [0.25, 0.3) is 5.69 Å². The molecule has 0 fully saturated rings. The Morgan fingerprint density at radius 1 is 1.41 bits per heavy atom. The minimum atomic E-state index is -0.878. The molecule has 1 heterocycles.